The molecular formula is C23H24N4OS2. The second-order valence-corrected chi connectivity index (χ2v) is 8.74. The summed E-state index contributed by atoms with van der Waals surface area (Å²) in [6.45, 7) is 4.64. The number of nitrogens with one attached hydrogen (secondary N) is 2. The van der Waals surface area contributed by atoms with E-state index in [1.165, 1.54) is 10.4 Å². The molecule has 2 atom stereocenters. The number of pyridine rings is 1. The van der Waals surface area contributed by atoms with Crippen molar-refractivity contribution in [3.63, 3.8) is 0 Å². The number of para-hydroxylation sites is 1. The predicted molar refractivity (Wildman–Crippen MR) is 126 cm³/mol. The molecule has 30 heavy (non-hydrogen) atoms. The molecule has 1 aliphatic rings. The molecule has 4 rings (SSSR count). The van der Waals surface area contributed by atoms with Gasteiger partial charge in [0.25, 0.3) is 0 Å². The molecule has 0 bridgehead atoms. The van der Waals surface area contributed by atoms with Crippen LogP contribution in [-0.2, 0) is 4.79 Å². The smallest absolute Gasteiger partial charge is 0.226 e. The number of hydrogen-bond donors (Lipinski definition) is 2. The van der Waals surface area contributed by atoms with Crippen LogP contribution >= 0.6 is 23.6 Å². The molecule has 5 nitrogen and oxygen atoms in total. The zero-order valence-electron chi connectivity index (χ0n) is 17.0. The fraction of sp³-hybridized carbons (Fsp3) is 0.261. The maximum Gasteiger partial charge on any atom is 0.226 e. The van der Waals surface area contributed by atoms with Crippen molar-refractivity contribution in [2.24, 2.45) is 0 Å². The van der Waals surface area contributed by atoms with Crippen LogP contribution in [0.25, 0.3) is 0 Å². The highest BCUT2D eigenvalue weighted by molar-refractivity contribution is 7.80. The van der Waals surface area contributed by atoms with Crippen LogP contribution < -0.4 is 10.6 Å². The van der Waals surface area contributed by atoms with Gasteiger partial charge in [0.1, 0.15) is 0 Å². The van der Waals surface area contributed by atoms with Crippen LogP contribution in [0, 0.1) is 13.8 Å². The van der Waals surface area contributed by atoms with E-state index in [2.05, 4.69) is 38.9 Å². The van der Waals surface area contributed by atoms with Crippen molar-refractivity contribution in [3.8, 4) is 0 Å². The van der Waals surface area contributed by atoms with Crippen LogP contribution in [0.1, 0.15) is 40.2 Å². The number of rotatable bonds is 6. The first-order chi connectivity index (χ1) is 14.5. The number of anilines is 1. The Balaban J connectivity index is 1.53. The highest BCUT2D eigenvalue weighted by atomic mass is 32.1. The minimum absolute atomic E-state index is 0.0126. The second kappa shape index (κ2) is 8.93. The molecule has 2 N–H and O–H groups in total. The molecule has 0 radical (unpaired) electrons. The van der Waals surface area contributed by atoms with Gasteiger partial charge in [0.2, 0.25) is 5.91 Å². The van der Waals surface area contributed by atoms with E-state index in [1.54, 1.807) is 17.5 Å². The first kappa shape index (κ1) is 20.5. The number of carbonyl (C=O) groups is 1. The topological polar surface area (TPSA) is 57.3 Å². The molecular weight excluding hydrogens is 412 g/mol. The van der Waals surface area contributed by atoms with Gasteiger partial charge in [0.05, 0.1) is 17.8 Å². The lowest BCUT2D eigenvalue weighted by Gasteiger charge is -2.27. The standard InChI is InChI=1S/C23H24N4OS2/c1-15-7-3-4-8-17(15)25-19(28)10-13-27-21(22-16(2)11-14-30-22)20(26-23(27)29)18-9-5-6-12-24-18/h3-9,11-12,14,20-21H,10,13H2,1-2H3,(H,25,28)(H,26,29)/t20-,21-/m0/s1. The number of aromatic nitrogens is 1. The van der Waals surface area contributed by atoms with Crippen molar-refractivity contribution < 1.29 is 4.79 Å². The van der Waals surface area contributed by atoms with Crippen molar-refractivity contribution in [1.29, 1.82) is 0 Å². The van der Waals surface area contributed by atoms with Gasteiger partial charge >= 0.3 is 0 Å². The first-order valence-corrected chi connectivity index (χ1v) is 11.2. The normalized spacial score (nSPS) is 18.3. The molecule has 0 saturated carbocycles. The summed E-state index contributed by atoms with van der Waals surface area (Å²) in [5.41, 5.74) is 4.07. The Morgan fingerprint density at radius 1 is 1.17 bits per heavy atom. The van der Waals surface area contributed by atoms with Crippen molar-refractivity contribution in [2.45, 2.75) is 32.4 Å². The summed E-state index contributed by atoms with van der Waals surface area (Å²) in [5, 5.41) is 9.21. The second-order valence-electron chi connectivity index (χ2n) is 7.40. The average Bonchev–Trinajstić information content (AvgIpc) is 3.31. The third kappa shape index (κ3) is 4.22. The molecule has 7 heteroatoms. The number of benzene rings is 1. The van der Waals surface area contributed by atoms with E-state index in [4.69, 9.17) is 12.2 Å². The van der Waals surface area contributed by atoms with Gasteiger partial charge < -0.3 is 15.5 Å². The molecule has 0 aliphatic carbocycles. The SMILES string of the molecule is Cc1ccccc1NC(=O)CCN1C(=S)N[C@@H](c2ccccn2)[C@H]1c1sccc1C. The largest absolute Gasteiger partial charge is 0.352 e. The van der Waals surface area contributed by atoms with E-state index in [0.29, 0.717) is 18.1 Å². The Bertz CT molecular complexity index is 1050. The molecule has 0 spiro atoms. The monoisotopic (exact) mass is 436 g/mol. The molecule has 1 amide bonds. The summed E-state index contributed by atoms with van der Waals surface area (Å²) < 4.78 is 0. The highest BCUT2D eigenvalue weighted by Crippen LogP contribution is 2.41. The van der Waals surface area contributed by atoms with E-state index in [-0.39, 0.29) is 18.0 Å². The van der Waals surface area contributed by atoms with Crippen LogP contribution in [0.2, 0.25) is 0 Å². The summed E-state index contributed by atoms with van der Waals surface area (Å²) in [6.07, 6.45) is 2.16. The molecule has 0 unspecified atom stereocenters. The molecule has 154 valence electrons. The molecule has 3 aromatic rings. The minimum Gasteiger partial charge on any atom is -0.352 e. The maximum atomic E-state index is 12.6. The van der Waals surface area contributed by atoms with Gasteiger partial charge in [0.15, 0.2) is 5.11 Å². The van der Waals surface area contributed by atoms with Crippen LogP contribution in [0.15, 0.2) is 60.1 Å². The van der Waals surface area contributed by atoms with E-state index in [1.807, 2.05) is 49.4 Å². The summed E-state index contributed by atoms with van der Waals surface area (Å²) in [5.74, 6) is -0.0185. The molecule has 1 fully saturated rings. The van der Waals surface area contributed by atoms with Crippen LogP contribution in [0.4, 0.5) is 5.69 Å². The third-order valence-corrected chi connectivity index (χ3v) is 6.81. The van der Waals surface area contributed by atoms with Crippen molar-refractivity contribution in [1.82, 2.24) is 15.2 Å². The molecule has 1 aromatic carbocycles. The number of nitrogens with zero attached hydrogens (tertiary/aromatic N) is 2. The summed E-state index contributed by atoms with van der Waals surface area (Å²) in [6, 6.07) is 15.8. The number of aryl methyl sites for hydroxylation is 2. The van der Waals surface area contributed by atoms with Gasteiger partial charge in [-0.3, -0.25) is 9.78 Å². The van der Waals surface area contributed by atoms with Gasteiger partial charge in [-0.2, -0.15) is 0 Å². The Labute approximate surface area is 186 Å². The number of thiocarbonyl (C=S) groups is 1. The third-order valence-electron chi connectivity index (χ3n) is 5.37. The zero-order valence-corrected chi connectivity index (χ0v) is 18.6. The summed E-state index contributed by atoms with van der Waals surface area (Å²) in [4.78, 5) is 20.6. The lowest BCUT2D eigenvalue weighted by Crippen LogP contribution is -2.32. The Morgan fingerprint density at radius 2 is 1.97 bits per heavy atom. The Hall–Kier alpha value is -2.77. The van der Waals surface area contributed by atoms with Crippen LogP contribution in [-0.4, -0.2) is 27.4 Å². The van der Waals surface area contributed by atoms with Crippen LogP contribution in [0.5, 0.6) is 0 Å². The zero-order chi connectivity index (χ0) is 21.1. The Kier molecular flexibility index (Phi) is 6.11. The fourth-order valence-electron chi connectivity index (χ4n) is 3.77. The Morgan fingerprint density at radius 3 is 2.67 bits per heavy atom. The van der Waals surface area contributed by atoms with Crippen molar-refractivity contribution >= 4 is 40.3 Å². The number of thiophene rings is 1. The molecule has 1 saturated heterocycles. The van der Waals surface area contributed by atoms with E-state index >= 15 is 0 Å². The number of amides is 1. The lowest BCUT2D eigenvalue weighted by atomic mass is 10.0. The van der Waals surface area contributed by atoms with Crippen molar-refractivity contribution in [2.75, 3.05) is 11.9 Å². The van der Waals surface area contributed by atoms with Crippen LogP contribution in [0.3, 0.4) is 0 Å². The minimum atomic E-state index is -0.0459. The van der Waals surface area contributed by atoms with Crippen molar-refractivity contribution in [3.05, 3.63) is 81.8 Å². The number of carbonyl (C=O) groups excluding carboxylic acids is 1. The summed E-state index contributed by atoms with van der Waals surface area (Å²) >= 11 is 7.39. The average molecular weight is 437 g/mol. The van der Waals surface area contributed by atoms with Gasteiger partial charge in [-0.15, -0.1) is 11.3 Å². The lowest BCUT2D eigenvalue weighted by molar-refractivity contribution is -0.116. The fourth-order valence-corrected chi connectivity index (χ4v) is 5.17. The first-order valence-electron chi connectivity index (χ1n) is 9.92. The number of hydrogen-bond acceptors (Lipinski definition) is 4. The van der Waals surface area contributed by atoms with Gasteiger partial charge in [-0.1, -0.05) is 24.3 Å². The highest BCUT2D eigenvalue weighted by Gasteiger charge is 2.40. The molecule has 3 heterocycles. The van der Waals surface area contributed by atoms with Gasteiger partial charge in [0, 0.05) is 29.7 Å². The molecule has 1 aliphatic heterocycles. The van der Waals surface area contributed by atoms with E-state index in [9.17, 15) is 4.79 Å². The summed E-state index contributed by atoms with van der Waals surface area (Å²) in [7, 11) is 0. The molecule has 2 aromatic heterocycles. The van der Waals surface area contributed by atoms with E-state index < -0.39 is 0 Å². The quantitative estimate of drug-likeness (QED) is 0.546. The van der Waals surface area contributed by atoms with E-state index in [0.717, 1.165) is 16.9 Å². The van der Waals surface area contributed by atoms with Gasteiger partial charge in [-0.05, 0) is 66.8 Å². The van der Waals surface area contributed by atoms with Gasteiger partial charge in [-0.25, -0.2) is 0 Å². The predicted octanol–water partition coefficient (Wildman–Crippen LogP) is 4.76. The maximum absolute atomic E-state index is 12.6.